The number of carbonyl (C=O) groups excluding carboxylic acids is 1. The van der Waals surface area contributed by atoms with Crippen molar-refractivity contribution >= 4 is 23.3 Å². The highest BCUT2D eigenvalue weighted by molar-refractivity contribution is 5.81. The van der Waals surface area contributed by atoms with E-state index in [1.807, 2.05) is 0 Å². The molecule has 0 radical (unpaired) electrons. The SMILES string of the molecule is Nc1nc2c([C@H]3C[C@H](O)[C@@H](CO)O3)cn(CC=O)c2c(=O)[nH]1. The highest BCUT2D eigenvalue weighted by atomic mass is 16.5. The molecule has 5 N–H and O–H groups in total. The maximum Gasteiger partial charge on any atom is 0.276 e. The third kappa shape index (κ3) is 2.28. The summed E-state index contributed by atoms with van der Waals surface area (Å²) in [5.41, 5.74) is 6.25. The lowest BCUT2D eigenvalue weighted by Gasteiger charge is -2.11. The number of aliphatic hydroxyl groups is 2. The largest absolute Gasteiger partial charge is 0.394 e. The average molecular weight is 308 g/mol. The fraction of sp³-hybridized carbons (Fsp3) is 0.462. The molecular formula is C13H16N4O5. The maximum absolute atomic E-state index is 12.1. The van der Waals surface area contributed by atoms with Crippen molar-refractivity contribution in [1.29, 1.82) is 0 Å². The van der Waals surface area contributed by atoms with Crippen LogP contribution < -0.4 is 11.3 Å². The van der Waals surface area contributed by atoms with Gasteiger partial charge in [-0.3, -0.25) is 9.78 Å². The lowest BCUT2D eigenvalue weighted by molar-refractivity contribution is -0.108. The quantitative estimate of drug-likeness (QED) is 0.513. The van der Waals surface area contributed by atoms with Crippen LogP contribution in [0.4, 0.5) is 5.95 Å². The lowest BCUT2D eigenvalue weighted by atomic mass is 10.1. The van der Waals surface area contributed by atoms with E-state index in [2.05, 4.69) is 9.97 Å². The van der Waals surface area contributed by atoms with E-state index in [4.69, 9.17) is 15.6 Å². The van der Waals surface area contributed by atoms with Crippen LogP contribution in [0.5, 0.6) is 0 Å². The second kappa shape index (κ2) is 5.52. The standard InChI is InChI=1S/C13H16N4O5/c14-13-15-10-6(8-3-7(20)9(5-19)22-8)4-17(1-2-18)11(10)12(21)16-13/h2,4,7-9,19-20H,1,3,5H2,(H3,14,15,16,21)/t7-,8+,9+/m0/s1. The van der Waals surface area contributed by atoms with Crippen molar-refractivity contribution in [2.24, 2.45) is 0 Å². The predicted octanol–water partition coefficient (Wildman–Crippen LogP) is -1.31. The van der Waals surface area contributed by atoms with Gasteiger partial charge in [0.25, 0.3) is 5.56 Å². The number of anilines is 1. The first-order chi connectivity index (χ1) is 10.5. The lowest BCUT2D eigenvalue weighted by Crippen LogP contribution is -2.24. The topological polar surface area (TPSA) is 143 Å². The number of aromatic amines is 1. The van der Waals surface area contributed by atoms with Gasteiger partial charge in [0.15, 0.2) is 0 Å². The zero-order valence-corrected chi connectivity index (χ0v) is 11.6. The molecule has 0 aromatic carbocycles. The number of nitrogens with zero attached hydrogens (tertiary/aromatic N) is 2. The van der Waals surface area contributed by atoms with Gasteiger partial charge < -0.3 is 30.0 Å². The number of aliphatic hydroxyl groups excluding tert-OH is 2. The molecule has 3 rings (SSSR count). The van der Waals surface area contributed by atoms with Crippen molar-refractivity contribution in [1.82, 2.24) is 14.5 Å². The molecule has 0 bridgehead atoms. The van der Waals surface area contributed by atoms with Crippen LogP contribution in [0.25, 0.3) is 11.0 Å². The molecule has 1 aliphatic rings. The number of aromatic nitrogens is 3. The molecule has 0 saturated carbocycles. The summed E-state index contributed by atoms with van der Waals surface area (Å²) in [6.45, 7) is -0.315. The molecule has 2 aromatic heterocycles. The molecule has 1 saturated heterocycles. The fourth-order valence-corrected chi connectivity index (χ4v) is 2.80. The highest BCUT2D eigenvalue weighted by Crippen LogP contribution is 2.36. The van der Waals surface area contributed by atoms with Crippen LogP contribution in [-0.2, 0) is 16.1 Å². The Bertz CT molecular complexity index is 768. The second-order valence-corrected chi connectivity index (χ2v) is 5.20. The van der Waals surface area contributed by atoms with Gasteiger partial charge >= 0.3 is 0 Å². The minimum atomic E-state index is -0.807. The first-order valence-corrected chi connectivity index (χ1v) is 6.81. The number of fused-ring (bicyclic) bond motifs is 1. The fourth-order valence-electron chi connectivity index (χ4n) is 2.80. The Morgan fingerprint density at radius 1 is 1.59 bits per heavy atom. The van der Waals surface area contributed by atoms with Crippen molar-refractivity contribution in [3.8, 4) is 0 Å². The van der Waals surface area contributed by atoms with Gasteiger partial charge in [-0.1, -0.05) is 0 Å². The normalized spacial score (nSPS) is 24.9. The van der Waals surface area contributed by atoms with Gasteiger partial charge in [-0.2, -0.15) is 0 Å². The molecule has 0 spiro atoms. The van der Waals surface area contributed by atoms with Gasteiger partial charge in [-0.25, -0.2) is 4.98 Å². The number of nitrogens with one attached hydrogen (secondary N) is 1. The number of nitrogen functional groups attached to an aromatic ring is 1. The van der Waals surface area contributed by atoms with E-state index in [0.717, 1.165) is 0 Å². The maximum atomic E-state index is 12.1. The van der Waals surface area contributed by atoms with Gasteiger partial charge in [0.05, 0.1) is 25.4 Å². The molecule has 0 amide bonds. The second-order valence-electron chi connectivity index (χ2n) is 5.20. The van der Waals surface area contributed by atoms with Crippen LogP contribution in [0.1, 0.15) is 18.1 Å². The van der Waals surface area contributed by atoms with Crippen molar-refractivity contribution < 1.29 is 19.7 Å². The number of rotatable bonds is 4. The van der Waals surface area contributed by atoms with Crippen molar-refractivity contribution in [2.45, 2.75) is 31.3 Å². The number of aldehydes is 1. The van der Waals surface area contributed by atoms with Gasteiger partial charge in [0, 0.05) is 18.2 Å². The van der Waals surface area contributed by atoms with Crippen LogP contribution in [0.3, 0.4) is 0 Å². The van der Waals surface area contributed by atoms with Gasteiger partial charge in [-0.15, -0.1) is 0 Å². The first-order valence-electron chi connectivity index (χ1n) is 6.81. The molecule has 9 heteroatoms. The van der Waals surface area contributed by atoms with E-state index in [1.54, 1.807) is 6.20 Å². The van der Waals surface area contributed by atoms with Crippen LogP contribution in [0, 0.1) is 0 Å². The molecule has 1 aliphatic heterocycles. The molecular weight excluding hydrogens is 292 g/mol. The van der Waals surface area contributed by atoms with Crippen molar-refractivity contribution in [2.75, 3.05) is 12.3 Å². The Morgan fingerprint density at radius 2 is 2.36 bits per heavy atom. The minimum absolute atomic E-state index is 0.0100. The van der Waals surface area contributed by atoms with E-state index < -0.39 is 23.9 Å². The molecule has 22 heavy (non-hydrogen) atoms. The first kappa shape index (κ1) is 14.7. The highest BCUT2D eigenvalue weighted by Gasteiger charge is 2.36. The molecule has 1 fully saturated rings. The number of ether oxygens (including phenoxy) is 1. The minimum Gasteiger partial charge on any atom is -0.394 e. The molecule has 0 unspecified atom stereocenters. The summed E-state index contributed by atoms with van der Waals surface area (Å²) in [6.07, 6.45) is 0.501. The Kier molecular flexibility index (Phi) is 3.69. The zero-order chi connectivity index (χ0) is 15.9. The summed E-state index contributed by atoms with van der Waals surface area (Å²) in [5.74, 6) is -0.0418. The number of hydrogen-bond donors (Lipinski definition) is 4. The Labute approximate surface area is 124 Å². The average Bonchev–Trinajstić information content (AvgIpc) is 3.00. The van der Waals surface area contributed by atoms with Crippen LogP contribution in [0.2, 0.25) is 0 Å². The number of nitrogens with two attached hydrogens (primary N) is 1. The summed E-state index contributed by atoms with van der Waals surface area (Å²) in [6, 6.07) is 0. The Hall–Kier alpha value is -2.23. The van der Waals surface area contributed by atoms with E-state index >= 15 is 0 Å². The van der Waals surface area contributed by atoms with E-state index in [9.17, 15) is 14.7 Å². The van der Waals surface area contributed by atoms with Crippen molar-refractivity contribution in [3.63, 3.8) is 0 Å². The number of H-pyrrole nitrogens is 1. The summed E-state index contributed by atoms with van der Waals surface area (Å²) in [4.78, 5) is 29.4. The van der Waals surface area contributed by atoms with E-state index in [1.165, 1.54) is 4.57 Å². The molecule has 0 aliphatic carbocycles. The Balaban J connectivity index is 2.14. The van der Waals surface area contributed by atoms with Gasteiger partial charge in [-0.05, 0) is 0 Å². The van der Waals surface area contributed by atoms with Crippen LogP contribution >= 0.6 is 0 Å². The molecule has 3 heterocycles. The molecule has 2 aromatic rings. The monoisotopic (exact) mass is 308 g/mol. The molecule has 9 nitrogen and oxygen atoms in total. The predicted molar refractivity (Wildman–Crippen MR) is 76.2 cm³/mol. The number of hydrogen-bond acceptors (Lipinski definition) is 7. The smallest absolute Gasteiger partial charge is 0.276 e. The summed E-state index contributed by atoms with van der Waals surface area (Å²) < 4.78 is 7.06. The molecule has 3 atom stereocenters. The van der Waals surface area contributed by atoms with Crippen LogP contribution in [0.15, 0.2) is 11.0 Å². The summed E-state index contributed by atoms with van der Waals surface area (Å²) in [5, 5.41) is 19.0. The third-order valence-electron chi connectivity index (χ3n) is 3.79. The number of carbonyl (C=O) groups is 1. The van der Waals surface area contributed by atoms with E-state index in [-0.39, 0.29) is 31.0 Å². The van der Waals surface area contributed by atoms with E-state index in [0.29, 0.717) is 17.4 Å². The zero-order valence-electron chi connectivity index (χ0n) is 11.6. The van der Waals surface area contributed by atoms with Gasteiger partial charge in [0.2, 0.25) is 5.95 Å². The third-order valence-corrected chi connectivity index (χ3v) is 3.79. The summed E-state index contributed by atoms with van der Waals surface area (Å²) in [7, 11) is 0. The summed E-state index contributed by atoms with van der Waals surface area (Å²) >= 11 is 0. The molecule has 118 valence electrons. The van der Waals surface area contributed by atoms with Crippen molar-refractivity contribution in [3.05, 3.63) is 22.1 Å². The van der Waals surface area contributed by atoms with Crippen LogP contribution in [-0.4, -0.2) is 49.8 Å². The van der Waals surface area contributed by atoms with Gasteiger partial charge in [0.1, 0.15) is 23.4 Å². The Morgan fingerprint density at radius 3 is 3.00 bits per heavy atom.